The summed E-state index contributed by atoms with van der Waals surface area (Å²) in [7, 11) is 0. The van der Waals surface area contributed by atoms with Gasteiger partial charge in [-0.25, -0.2) is 9.59 Å². The molecule has 1 aliphatic carbocycles. The number of carbonyl (C=O) groups is 4. The molecule has 5 amide bonds. The number of para-hydroxylation sites is 1. The Balaban J connectivity index is 1.41. The Labute approximate surface area is 167 Å². The van der Waals surface area contributed by atoms with Crippen molar-refractivity contribution in [3.8, 4) is 0 Å². The molecule has 2 fully saturated rings. The first kappa shape index (κ1) is 18.7. The third-order valence-electron chi connectivity index (χ3n) is 5.30. The van der Waals surface area contributed by atoms with E-state index in [0.29, 0.717) is 24.2 Å². The average molecular weight is 392 g/mol. The van der Waals surface area contributed by atoms with E-state index in [1.54, 1.807) is 36.4 Å². The first-order valence-corrected chi connectivity index (χ1v) is 9.33. The molecule has 1 unspecified atom stereocenters. The first-order valence-electron chi connectivity index (χ1n) is 9.33. The normalized spacial score (nSPS) is 20.8. The molecule has 8 heteroatoms. The topological polar surface area (TPSA) is 108 Å². The number of anilines is 2. The van der Waals surface area contributed by atoms with Crippen molar-refractivity contribution in [3.63, 3.8) is 0 Å². The molecule has 4 rings (SSSR count). The number of benzene rings is 2. The van der Waals surface area contributed by atoms with Crippen molar-refractivity contribution in [1.82, 2.24) is 10.2 Å². The highest BCUT2D eigenvalue weighted by Gasteiger charge is 2.56. The number of Topliss-reactive ketones (excluding diaryl/α,β-unsaturated/α-hetero) is 1. The van der Waals surface area contributed by atoms with E-state index in [9.17, 15) is 19.2 Å². The van der Waals surface area contributed by atoms with E-state index in [1.165, 1.54) is 4.90 Å². The van der Waals surface area contributed by atoms with Gasteiger partial charge in [-0.3, -0.25) is 14.9 Å². The van der Waals surface area contributed by atoms with Crippen LogP contribution in [0, 0.1) is 0 Å². The van der Waals surface area contributed by atoms with Crippen molar-refractivity contribution in [2.75, 3.05) is 10.6 Å². The van der Waals surface area contributed by atoms with Crippen LogP contribution in [0.3, 0.4) is 0 Å². The summed E-state index contributed by atoms with van der Waals surface area (Å²) in [5, 5.41) is 7.80. The van der Waals surface area contributed by atoms with Gasteiger partial charge in [0, 0.05) is 30.8 Å². The molecule has 1 heterocycles. The minimum atomic E-state index is -1.07. The van der Waals surface area contributed by atoms with Crippen LogP contribution in [0.25, 0.3) is 0 Å². The second kappa shape index (κ2) is 7.38. The summed E-state index contributed by atoms with van der Waals surface area (Å²) < 4.78 is 0. The Hall–Kier alpha value is -3.68. The molecule has 0 aromatic heterocycles. The van der Waals surface area contributed by atoms with Gasteiger partial charge < -0.3 is 15.5 Å². The van der Waals surface area contributed by atoms with Gasteiger partial charge in [-0.05, 0) is 36.2 Å². The maximum absolute atomic E-state index is 12.3. The molecule has 3 N–H and O–H groups in total. The monoisotopic (exact) mass is 392 g/mol. The van der Waals surface area contributed by atoms with Crippen LogP contribution >= 0.6 is 0 Å². The van der Waals surface area contributed by atoms with Crippen LogP contribution in [0.15, 0.2) is 54.6 Å². The van der Waals surface area contributed by atoms with Crippen LogP contribution in [-0.2, 0) is 16.1 Å². The summed E-state index contributed by atoms with van der Waals surface area (Å²) in [4.78, 5) is 49.9. The van der Waals surface area contributed by atoms with E-state index in [0.717, 1.165) is 5.56 Å². The number of nitrogens with one attached hydrogen (secondary N) is 3. The van der Waals surface area contributed by atoms with E-state index in [-0.39, 0.29) is 24.8 Å². The SMILES string of the molecule is O=C1CCC2(C1)C(=O)NC(=O)N2Cc1ccc(NC(=O)Nc2ccccc2)cc1. The maximum atomic E-state index is 12.3. The highest BCUT2D eigenvalue weighted by molar-refractivity contribution is 6.10. The van der Waals surface area contributed by atoms with Gasteiger partial charge in [-0.1, -0.05) is 30.3 Å². The van der Waals surface area contributed by atoms with Crippen LogP contribution < -0.4 is 16.0 Å². The summed E-state index contributed by atoms with van der Waals surface area (Å²) in [6.07, 6.45) is 0.711. The molecule has 1 aliphatic heterocycles. The van der Waals surface area contributed by atoms with E-state index in [4.69, 9.17) is 0 Å². The fourth-order valence-corrected chi connectivity index (χ4v) is 3.79. The molecule has 1 spiro atoms. The number of imide groups is 1. The number of ketones is 1. The molecule has 8 nitrogen and oxygen atoms in total. The largest absolute Gasteiger partial charge is 0.325 e. The Morgan fingerprint density at radius 3 is 2.24 bits per heavy atom. The quantitative estimate of drug-likeness (QED) is 0.695. The van der Waals surface area contributed by atoms with Gasteiger partial charge >= 0.3 is 12.1 Å². The average Bonchev–Trinajstić information content (AvgIpc) is 3.19. The van der Waals surface area contributed by atoms with E-state index < -0.39 is 17.5 Å². The highest BCUT2D eigenvalue weighted by Crippen LogP contribution is 2.37. The molecular formula is C21H20N4O4. The third-order valence-corrected chi connectivity index (χ3v) is 5.30. The third kappa shape index (κ3) is 3.69. The Kier molecular flexibility index (Phi) is 4.75. The van der Waals surface area contributed by atoms with Crippen molar-refractivity contribution in [1.29, 1.82) is 0 Å². The fraction of sp³-hybridized carbons (Fsp3) is 0.238. The number of hydrogen-bond acceptors (Lipinski definition) is 4. The summed E-state index contributed by atoms with van der Waals surface area (Å²) in [5.41, 5.74) is 1.00. The van der Waals surface area contributed by atoms with Crippen molar-refractivity contribution in [2.24, 2.45) is 0 Å². The van der Waals surface area contributed by atoms with E-state index >= 15 is 0 Å². The number of carbonyl (C=O) groups excluding carboxylic acids is 4. The van der Waals surface area contributed by atoms with Crippen LogP contribution in [0.5, 0.6) is 0 Å². The Morgan fingerprint density at radius 1 is 0.966 bits per heavy atom. The fourth-order valence-electron chi connectivity index (χ4n) is 3.79. The second-order valence-corrected chi connectivity index (χ2v) is 7.23. The van der Waals surface area contributed by atoms with Gasteiger partial charge in [0.2, 0.25) is 0 Å². The predicted octanol–water partition coefficient (Wildman–Crippen LogP) is 2.87. The lowest BCUT2D eigenvalue weighted by Gasteiger charge is -2.30. The van der Waals surface area contributed by atoms with Gasteiger partial charge in [0.1, 0.15) is 11.3 Å². The summed E-state index contributed by atoms with van der Waals surface area (Å²) in [6, 6.07) is 15.3. The molecule has 1 atom stereocenters. The van der Waals surface area contributed by atoms with Gasteiger partial charge in [-0.2, -0.15) is 0 Å². The van der Waals surface area contributed by atoms with Crippen LogP contribution in [0.4, 0.5) is 21.0 Å². The molecule has 1 saturated carbocycles. The Bertz CT molecular complexity index is 974. The summed E-state index contributed by atoms with van der Waals surface area (Å²) >= 11 is 0. The maximum Gasteiger partial charge on any atom is 0.325 e. The zero-order chi connectivity index (χ0) is 20.4. The van der Waals surface area contributed by atoms with Gasteiger partial charge in [-0.15, -0.1) is 0 Å². The van der Waals surface area contributed by atoms with Crippen LogP contribution in [0.2, 0.25) is 0 Å². The number of hydrogen-bond donors (Lipinski definition) is 3. The molecule has 2 aliphatic rings. The molecule has 0 radical (unpaired) electrons. The number of nitrogens with zero attached hydrogens (tertiary/aromatic N) is 1. The lowest BCUT2D eigenvalue weighted by Crippen LogP contribution is -2.47. The lowest BCUT2D eigenvalue weighted by molar-refractivity contribution is -0.128. The molecule has 29 heavy (non-hydrogen) atoms. The molecule has 2 aromatic rings. The van der Waals surface area contributed by atoms with Crippen molar-refractivity contribution in [2.45, 2.75) is 31.3 Å². The lowest BCUT2D eigenvalue weighted by atomic mass is 9.95. The molecule has 0 bridgehead atoms. The van der Waals surface area contributed by atoms with E-state index in [2.05, 4.69) is 16.0 Å². The minimum absolute atomic E-state index is 0.0103. The number of urea groups is 2. The predicted molar refractivity (Wildman–Crippen MR) is 106 cm³/mol. The molecule has 148 valence electrons. The Morgan fingerprint density at radius 2 is 1.62 bits per heavy atom. The molecular weight excluding hydrogens is 372 g/mol. The van der Waals surface area contributed by atoms with Gasteiger partial charge in [0.25, 0.3) is 5.91 Å². The van der Waals surface area contributed by atoms with E-state index in [1.807, 2.05) is 18.2 Å². The summed E-state index contributed by atoms with van der Waals surface area (Å²) in [6.45, 7) is 0.210. The molecule has 2 aromatic carbocycles. The van der Waals surface area contributed by atoms with Crippen LogP contribution in [0.1, 0.15) is 24.8 Å². The van der Waals surface area contributed by atoms with Crippen molar-refractivity contribution < 1.29 is 19.2 Å². The zero-order valence-corrected chi connectivity index (χ0v) is 15.6. The van der Waals surface area contributed by atoms with Crippen LogP contribution in [-0.4, -0.2) is 34.2 Å². The minimum Gasteiger partial charge on any atom is -0.308 e. The first-order chi connectivity index (χ1) is 14.0. The smallest absolute Gasteiger partial charge is 0.308 e. The van der Waals surface area contributed by atoms with Gasteiger partial charge in [0.05, 0.1) is 0 Å². The second-order valence-electron chi connectivity index (χ2n) is 7.23. The van der Waals surface area contributed by atoms with Gasteiger partial charge in [0.15, 0.2) is 0 Å². The summed E-state index contributed by atoms with van der Waals surface area (Å²) in [5.74, 6) is -0.409. The number of rotatable bonds is 4. The zero-order valence-electron chi connectivity index (χ0n) is 15.6. The van der Waals surface area contributed by atoms with Crippen molar-refractivity contribution >= 4 is 35.1 Å². The standard InChI is InChI=1S/C21H20N4O4/c26-17-10-11-21(12-17)18(27)24-20(29)25(21)13-14-6-8-16(9-7-14)23-19(28)22-15-4-2-1-3-5-15/h1-9H,10-13H2,(H2,22,23,28)(H,24,27,29). The van der Waals surface area contributed by atoms with Crippen molar-refractivity contribution in [3.05, 3.63) is 60.2 Å². The molecule has 1 saturated heterocycles. The number of amides is 5. The highest BCUT2D eigenvalue weighted by atomic mass is 16.2.